The zero-order valence-corrected chi connectivity index (χ0v) is 15.4. The monoisotopic (exact) mass is 401 g/mol. The molecule has 0 fully saturated rings. The average Bonchev–Trinajstić information content (AvgIpc) is 2.97. The van der Waals surface area contributed by atoms with Gasteiger partial charge in [0.15, 0.2) is 11.5 Å². The van der Waals surface area contributed by atoms with Gasteiger partial charge in [-0.3, -0.25) is 0 Å². The fourth-order valence-electron chi connectivity index (χ4n) is 2.51. The van der Waals surface area contributed by atoms with Gasteiger partial charge in [-0.25, -0.2) is 4.79 Å². The fourth-order valence-corrected chi connectivity index (χ4v) is 3.13. The highest BCUT2D eigenvalue weighted by Crippen LogP contribution is 2.37. The summed E-state index contributed by atoms with van der Waals surface area (Å²) in [6.45, 7) is 2.40. The zero-order valence-electron chi connectivity index (χ0n) is 13.8. The van der Waals surface area contributed by atoms with Gasteiger partial charge in [0.05, 0.1) is 23.8 Å². The van der Waals surface area contributed by atoms with Crippen LogP contribution in [0.5, 0.6) is 11.5 Å². The molecule has 0 amide bonds. The Bertz CT molecular complexity index is 859. The first-order valence-electron chi connectivity index (χ1n) is 7.71. The van der Waals surface area contributed by atoms with Crippen LogP contribution < -0.4 is 9.47 Å². The summed E-state index contributed by atoms with van der Waals surface area (Å²) < 4.78 is 11.7. The highest BCUT2D eigenvalue weighted by molar-refractivity contribution is 9.10. The van der Waals surface area contributed by atoms with Gasteiger partial charge in [0.2, 0.25) is 0 Å². The van der Waals surface area contributed by atoms with Crippen molar-refractivity contribution in [2.75, 3.05) is 13.7 Å². The molecule has 3 rings (SSSR count). The van der Waals surface area contributed by atoms with Crippen molar-refractivity contribution in [1.82, 2.24) is 0 Å². The summed E-state index contributed by atoms with van der Waals surface area (Å²) in [5.74, 6) is 0.717. The van der Waals surface area contributed by atoms with Gasteiger partial charge in [-0.2, -0.15) is 0 Å². The molecule has 0 radical (unpaired) electrons. The third-order valence-electron chi connectivity index (χ3n) is 3.59. The summed E-state index contributed by atoms with van der Waals surface area (Å²) in [5.41, 5.74) is 2.49. The van der Waals surface area contributed by atoms with Crippen LogP contribution in [-0.4, -0.2) is 25.4 Å². The summed E-state index contributed by atoms with van der Waals surface area (Å²) in [4.78, 5) is 17.0. The minimum atomic E-state index is -0.483. The van der Waals surface area contributed by atoms with Gasteiger partial charge in [0.25, 0.3) is 0 Å². The third-order valence-corrected chi connectivity index (χ3v) is 4.18. The number of ether oxygens (including phenoxy) is 2. The number of carbonyl (C=O) groups is 1. The predicted octanol–water partition coefficient (Wildman–Crippen LogP) is 4.20. The molecule has 1 aliphatic rings. The van der Waals surface area contributed by atoms with E-state index >= 15 is 0 Å². The molecule has 0 N–H and O–H groups in total. The van der Waals surface area contributed by atoms with Crippen molar-refractivity contribution in [1.29, 1.82) is 0 Å². The molecule has 0 bridgehead atoms. The van der Waals surface area contributed by atoms with Crippen LogP contribution in [0, 0.1) is 0 Å². The van der Waals surface area contributed by atoms with Crippen LogP contribution in [0.1, 0.15) is 18.1 Å². The molecule has 6 heteroatoms. The summed E-state index contributed by atoms with van der Waals surface area (Å²) >= 11 is 3.47. The molecular formula is C19H16BrNO4. The van der Waals surface area contributed by atoms with Gasteiger partial charge < -0.3 is 14.3 Å². The van der Waals surface area contributed by atoms with Crippen LogP contribution in [-0.2, 0) is 9.63 Å². The van der Waals surface area contributed by atoms with E-state index in [-0.39, 0.29) is 0 Å². The number of hydrogen-bond acceptors (Lipinski definition) is 5. The van der Waals surface area contributed by atoms with E-state index in [1.807, 2.05) is 49.4 Å². The van der Waals surface area contributed by atoms with E-state index in [2.05, 4.69) is 21.1 Å². The molecule has 1 heterocycles. The number of oxime groups is 1. The van der Waals surface area contributed by atoms with Crippen molar-refractivity contribution in [3.63, 3.8) is 0 Å². The first kappa shape index (κ1) is 17.2. The normalized spacial score (nSPS) is 15.1. The van der Waals surface area contributed by atoms with E-state index in [1.54, 1.807) is 13.2 Å². The van der Waals surface area contributed by atoms with Crippen LogP contribution in [0.15, 0.2) is 57.7 Å². The molecule has 2 aromatic rings. The van der Waals surface area contributed by atoms with E-state index in [9.17, 15) is 4.79 Å². The van der Waals surface area contributed by atoms with E-state index in [0.29, 0.717) is 29.4 Å². The molecule has 0 saturated heterocycles. The Balaban J connectivity index is 2.04. The minimum Gasteiger partial charge on any atom is -0.492 e. The summed E-state index contributed by atoms with van der Waals surface area (Å²) in [5, 5.41) is 3.91. The maximum atomic E-state index is 12.1. The predicted molar refractivity (Wildman–Crippen MR) is 98.9 cm³/mol. The SMILES string of the molecule is CCOc1cc(/C=C2\C(=O)ON=C2c2ccccc2)cc(Br)c1OC. The van der Waals surface area contributed by atoms with E-state index in [0.717, 1.165) is 15.6 Å². The highest BCUT2D eigenvalue weighted by atomic mass is 79.9. The Morgan fingerprint density at radius 2 is 2.00 bits per heavy atom. The quantitative estimate of drug-likeness (QED) is 0.556. The van der Waals surface area contributed by atoms with Crippen molar-refractivity contribution in [3.8, 4) is 11.5 Å². The summed E-state index contributed by atoms with van der Waals surface area (Å²) in [6.07, 6.45) is 1.73. The van der Waals surface area contributed by atoms with Crippen molar-refractivity contribution in [2.45, 2.75) is 6.92 Å². The number of rotatable bonds is 5. The molecule has 0 aliphatic carbocycles. The van der Waals surface area contributed by atoms with E-state index < -0.39 is 5.97 Å². The Morgan fingerprint density at radius 1 is 1.24 bits per heavy atom. The fraction of sp³-hybridized carbons (Fsp3) is 0.158. The molecule has 0 atom stereocenters. The van der Waals surface area contributed by atoms with Gasteiger partial charge in [0, 0.05) is 5.56 Å². The van der Waals surface area contributed by atoms with Crippen LogP contribution in [0.4, 0.5) is 0 Å². The van der Waals surface area contributed by atoms with Gasteiger partial charge in [-0.15, -0.1) is 0 Å². The minimum absolute atomic E-state index is 0.394. The Hall–Kier alpha value is -2.60. The number of halogens is 1. The van der Waals surface area contributed by atoms with E-state index in [1.165, 1.54) is 0 Å². The lowest BCUT2D eigenvalue weighted by molar-refractivity contribution is -0.136. The molecule has 0 aromatic heterocycles. The van der Waals surface area contributed by atoms with Crippen LogP contribution in [0.2, 0.25) is 0 Å². The second-order valence-corrected chi connectivity index (χ2v) is 6.06. The Morgan fingerprint density at radius 3 is 2.68 bits per heavy atom. The first-order valence-corrected chi connectivity index (χ1v) is 8.50. The van der Waals surface area contributed by atoms with E-state index in [4.69, 9.17) is 14.3 Å². The zero-order chi connectivity index (χ0) is 17.8. The number of nitrogens with zero attached hydrogens (tertiary/aromatic N) is 1. The molecule has 0 spiro atoms. The molecular weight excluding hydrogens is 386 g/mol. The molecule has 2 aromatic carbocycles. The molecule has 0 unspecified atom stereocenters. The Kier molecular flexibility index (Phi) is 5.19. The van der Waals surface area contributed by atoms with Crippen LogP contribution in [0.25, 0.3) is 6.08 Å². The molecule has 128 valence electrons. The lowest BCUT2D eigenvalue weighted by atomic mass is 10.0. The molecule has 5 nitrogen and oxygen atoms in total. The van der Waals surface area contributed by atoms with Crippen molar-refractivity contribution in [2.24, 2.45) is 5.16 Å². The largest absolute Gasteiger partial charge is 0.492 e. The molecule has 0 saturated carbocycles. The van der Waals surface area contributed by atoms with Crippen molar-refractivity contribution >= 4 is 33.7 Å². The lowest BCUT2D eigenvalue weighted by Gasteiger charge is -2.12. The second kappa shape index (κ2) is 7.53. The molecule has 25 heavy (non-hydrogen) atoms. The summed E-state index contributed by atoms with van der Waals surface area (Å²) in [6, 6.07) is 13.1. The smallest absolute Gasteiger partial charge is 0.368 e. The average molecular weight is 402 g/mol. The summed E-state index contributed by atoms with van der Waals surface area (Å²) in [7, 11) is 1.58. The number of hydrogen-bond donors (Lipinski definition) is 0. The first-order chi connectivity index (χ1) is 12.1. The van der Waals surface area contributed by atoms with Crippen LogP contribution in [0.3, 0.4) is 0 Å². The van der Waals surface area contributed by atoms with Gasteiger partial charge in [-0.05, 0) is 46.6 Å². The van der Waals surface area contributed by atoms with Gasteiger partial charge >= 0.3 is 5.97 Å². The van der Waals surface area contributed by atoms with Gasteiger partial charge in [-0.1, -0.05) is 35.5 Å². The van der Waals surface area contributed by atoms with Gasteiger partial charge in [0.1, 0.15) is 5.71 Å². The maximum absolute atomic E-state index is 12.1. The Labute approximate surface area is 154 Å². The lowest BCUT2D eigenvalue weighted by Crippen LogP contribution is -2.06. The topological polar surface area (TPSA) is 57.1 Å². The number of carbonyl (C=O) groups excluding carboxylic acids is 1. The maximum Gasteiger partial charge on any atom is 0.368 e. The van der Waals surface area contributed by atoms with Crippen molar-refractivity contribution in [3.05, 3.63) is 63.6 Å². The standard InChI is InChI=1S/C19H16BrNO4/c1-3-24-16-11-12(10-15(20)18(16)23-2)9-14-17(21-25-19(14)22)13-7-5-4-6-8-13/h4-11H,3H2,1-2H3/b14-9-. The third kappa shape index (κ3) is 3.58. The van der Waals surface area contributed by atoms with Crippen molar-refractivity contribution < 1.29 is 19.1 Å². The van der Waals surface area contributed by atoms with Crippen LogP contribution >= 0.6 is 15.9 Å². The highest BCUT2D eigenvalue weighted by Gasteiger charge is 2.27. The molecule has 1 aliphatic heterocycles. The number of benzene rings is 2. The number of methoxy groups -OCH3 is 1. The second-order valence-electron chi connectivity index (χ2n) is 5.21.